The first-order chi connectivity index (χ1) is 8.42. The van der Waals surface area contributed by atoms with Crippen molar-refractivity contribution >= 4 is 10.0 Å². The molecule has 2 rings (SSSR count). The Morgan fingerprint density at radius 2 is 2.00 bits per heavy atom. The zero-order chi connectivity index (χ0) is 13.2. The van der Waals surface area contributed by atoms with Crippen LogP contribution in [0.3, 0.4) is 0 Å². The zero-order valence-electron chi connectivity index (χ0n) is 10.4. The molecule has 100 valence electrons. The van der Waals surface area contributed by atoms with Gasteiger partial charge in [-0.2, -0.15) is 4.31 Å². The number of sulfonamides is 1. The van der Waals surface area contributed by atoms with Crippen LogP contribution in [-0.2, 0) is 14.8 Å². The van der Waals surface area contributed by atoms with Gasteiger partial charge in [0.15, 0.2) is 0 Å². The van der Waals surface area contributed by atoms with Crippen LogP contribution in [0.1, 0.15) is 6.92 Å². The molecule has 1 saturated heterocycles. The van der Waals surface area contributed by atoms with E-state index in [0.717, 1.165) is 0 Å². The van der Waals surface area contributed by atoms with Gasteiger partial charge in [-0.1, -0.05) is 18.2 Å². The average molecular weight is 270 g/mol. The first-order valence-corrected chi connectivity index (χ1v) is 7.31. The molecule has 1 fully saturated rings. The summed E-state index contributed by atoms with van der Waals surface area (Å²) < 4.78 is 31.5. The SMILES string of the molecule is CC1(N)C=CC=CC(S(=O)(=O)N2CCOCC2)=C1. The molecule has 0 saturated carbocycles. The van der Waals surface area contributed by atoms with Crippen LogP contribution in [0.5, 0.6) is 0 Å². The lowest BCUT2D eigenvalue weighted by Crippen LogP contribution is -2.41. The van der Waals surface area contributed by atoms with E-state index in [1.54, 1.807) is 37.3 Å². The van der Waals surface area contributed by atoms with Gasteiger partial charge >= 0.3 is 0 Å². The van der Waals surface area contributed by atoms with E-state index in [-0.39, 0.29) is 4.91 Å². The van der Waals surface area contributed by atoms with Crippen LogP contribution in [0.15, 0.2) is 35.3 Å². The highest BCUT2D eigenvalue weighted by Gasteiger charge is 2.29. The molecule has 1 aliphatic carbocycles. The van der Waals surface area contributed by atoms with Gasteiger partial charge in [0.1, 0.15) is 0 Å². The van der Waals surface area contributed by atoms with E-state index in [4.69, 9.17) is 10.5 Å². The number of hydrogen-bond acceptors (Lipinski definition) is 4. The number of hydrogen-bond donors (Lipinski definition) is 1. The van der Waals surface area contributed by atoms with E-state index in [0.29, 0.717) is 26.3 Å². The topological polar surface area (TPSA) is 72.6 Å². The van der Waals surface area contributed by atoms with Gasteiger partial charge in [-0.05, 0) is 19.1 Å². The van der Waals surface area contributed by atoms with Crippen LogP contribution in [-0.4, -0.2) is 44.6 Å². The Morgan fingerprint density at radius 3 is 2.67 bits per heavy atom. The van der Waals surface area contributed by atoms with Gasteiger partial charge in [0.05, 0.1) is 23.7 Å². The van der Waals surface area contributed by atoms with Gasteiger partial charge in [0.2, 0.25) is 10.0 Å². The molecule has 0 aromatic rings. The molecule has 0 spiro atoms. The van der Waals surface area contributed by atoms with E-state index in [2.05, 4.69) is 0 Å². The Labute approximate surface area is 108 Å². The molecule has 2 N–H and O–H groups in total. The molecule has 0 radical (unpaired) electrons. The number of rotatable bonds is 2. The second-order valence-corrected chi connectivity index (χ2v) is 6.59. The van der Waals surface area contributed by atoms with Crippen LogP contribution in [0.4, 0.5) is 0 Å². The molecule has 5 nitrogen and oxygen atoms in total. The van der Waals surface area contributed by atoms with Crippen molar-refractivity contribution in [3.8, 4) is 0 Å². The monoisotopic (exact) mass is 270 g/mol. The highest BCUT2D eigenvalue weighted by Crippen LogP contribution is 2.21. The van der Waals surface area contributed by atoms with Crippen molar-refractivity contribution in [1.29, 1.82) is 0 Å². The van der Waals surface area contributed by atoms with Crippen molar-refractivity contribution in [2.45, 2.75) is 12.5 Å². The molecule has 1 heterocycles. The molecule has 2 aliphatic rings. The third-order valence-electron chi connectivity index (χ3n) is 2.89. The fraction of sp³-hybridized carbons (Fsp3) is 0.500. The maximum Gasteiger partial charge on any atom is 0.242 e. The zero-order valence-corrected chi connectivity index (χ0v) is 11.2. The number of ether oxygens (including phenoxy) is 1. The van der Waals surface area contributed by atoms with Crippen molar-refractivity contribution in [2.75, 3.05) is 26.3 Å². The van der Waals surface area contributed by atoms with Crippen LogP contribution in [0.25, 0.3) is 0 Å². The Balaban J connectivity index is 2.32. The normalized spacial score (nSPS) is 30.0. The summed E-state index contributed by atoms with van der Waals surface area (Å²) in [5.74, 6) is 0. The van der Waals surface area contributed by atoms with Crippen molar-refractivity contribution in [1.82, 2.24) is 4.31 Å². The summed E-state index contributed by atoms with van der Waals surface area (Å²) in [5.41, 5.74) is 5.23. The lowest BCUT2D eigenvalue weighted by atomic mass is 10.0. The molecule has 18 heavy (non-hydrogen) atoms. The lowest BCUT2D eigenvalue weighted by Gasteiger charge is -2.27. The first-order valence-electron chi connectivity index (χ1n) is 5.87. The Hall–Kier alpha value is -0.950. The molecule has 0 bridgehead atoms. The van der Waals surface area contributed by atoms with E-state index in [1.165, 1.54) is 4.31 Å². The molecule has 1 atom stereocenters. The minimum Gasteiger partial charge on any atom is -0.379 e. The maximum absolute atomic E-state index is 12.4. The average Bonchev–Trinajstić information content (AvgIpc) is 2.51. The highest BCUT2D eigenvalue weighted by atomic mass is 32.2. The number of nitrogens with two attached hydrogens (primary N) is 1. The Kier molecular flexibility index (Phi) is 3.72. The summed E-state index contributed by atoms with van der Waals surface area (Å²) in [5, 5.41) is 0. The summed E-state index contributed by atoms with van der Waals surface area (Å²) >= 11 is 0. The maximum atomic E-state index is 12.4. The predicted molar refractivity (Wildman–Crippen MR) is 70.3 cm³/mol. The smallest absolute Gasteiger partial charge is 0.242 e. The van der Waals surface area contributed by atoms with E-state index < -0.39 is 15.6 Å². The van der Waals surface area contributed by atoms with Gasteiger partial charge in [-0.25, -0.2) is 8.42 Å². The first kappa shape index (κ1) is 13.5. The molecular weight excluding hydrogens is 252 g/mol. The predicted octanol–water partition coefficient (Wildman–Crippen LogP) is 0.376. The van der Waals surface area contributed by atoms with Crippen LogP contribution >= 0.6 is 0 Å². The summed E-state index contributed by atoms with van der Waals surface area (Å²) in [6.07, 6.45) is 8.39. The number of morpholine rings is 1. The van der Waals surface area contributed by atoms with Crippen molar-refractivity contribution in [2.24, 2.45) is 5.73 Å². The third kappa shape index (κ3) is 2.89. The lowest BCUT2D eigenvalue weighted by molar-refractivity contribution is 0.0734. The van der Waals surface area contributed by atoms with Crippen molar-refractivity contribution in [3.63, 3.8) is 0 Å². The molecule has 1 unspecified atom stereocenters. The van der Waals surface area contributed by atoms with E-state index in [9.17, 15) is 8.42 Å². The van der Waals surface area contributed by atoms with Crippen LogP contribution < -0.4 is 5.73 Å². The fourth-order valence-electron chi connectivity index (χ4n) is 1.91. The molecule has 6 heteroatoms. The van der Waals surface area contributed by atoms with Gasteiger partial charge in [0.25, 0.3) is 0 Å². The van der Waals surface area contributed by atoms with Gasteiger partial charge < -0.3 is 10.5 Å². The minimum absolute atomic E-state index is 0.249. The molecule has 0 aromatic heterocycles. The quantitative estimate of drug-likeness (QED) is 0.787. The largest absolute Gasteiger partial charge is 0.379 e. The summed E-state index contributed by atoms with van der Waals surface area (Å²) in [6.45, 7) is 3.43. The van der Waals surface area contributed by atoms with Crippen molar-refractivity contribution < 1.29 is 13.2 Å². The second-order valence-electron chi connectivity index (χ2n) is 4.65. The van der Waals surface area contributed by atoms with E-state index >= 15 is 0 Å². The van der Waals surface area contributed by atoms with Crippen molar-refractivity contribution in [3.05, 3.63) is 35.3 Å². The summed E-state index contributed by atoms with van der Waals surface area (Å²) in [7, 11) is -3.47. The fourth-order valence-corrected chi connectivity index (χ4v) is 3.49. The van der Waals surface area contributed by atoms with E-state index in [1.807, 2.05) is 0 Å². The number of nitrogens with zero attached hydrogens (tertiary/aromatic N) is 1. The minimum atomic E-state index is -3.47. The van der Waals surface area contributed by atoms with Gasteiger partial charge in [0, 0.05) is 13.1 Å². The third-order valence-corrected chi connectivity index (χ3v) is 4.78. The van der Waals surface area contributed by atoms with Crippen LogP contribution in [0.2, 0.25) is 0 Å². The standard InChI is InChI=1S/C12H18N2O3S/c1-12(13)5-3-2-4-11(10-12)18(15,16)14-6-8-17-9-7-14/h2-5,10H,6-9,13H2,1H3. The summed E-state index contributed by atoms with van der Waals surface area (Å²) in [4.78, 5) is 0.249. The Morgan fingerprint density at radius 1 is 1.33 bits per heavy atom. The molecule has 0 amide bonds. The number of allylic oxidation sites excluding steroid dienone is 3. The van der Waals surface area contributed by atoms with Gasteiger partial charge in [-0.3, -0.25) is 0 Å². The van der Waals surface area contributed by atoms with Gasteiger partial charge in [-0.15, -0.1) is 0 Å². The summed E-state index contributed by atoms with van der Waals surface area (Å²) in [6, 6.07) is 0. The molecular formula is C12H18N2O3S. The molecule has 0 aromatic carbocycles. The van der Waals surface area contributed by atoms with Crippen LogP contribution in [0, 0.1) is 0 Å². The highest BCUT2D eigenvalue weighted by molar-refractivity contribution is 7.93. The second kappa shape index (κ2) is 4.97. The Bertz CT molecular complexity index is 497. The molecule has 1 aliphatic heterocycles.